The van der Waals surface area contributed by atoms with Crippen LogP contribution >= 0.6 is 0 Å². The van der Waals surface area contributed by atoms with Crippen LogP contribution in [0.4, 0.5) is 0 Å². The fraction of sp³-hybridized carbons (Fsp3) is 0.467. The summed E-state index contributed by atoms with van der Waals surface area (Å²) in [6.45, 7) is 4.83. The van der Waals surface area contributed by atoms with Crippen molar-refractivity contribution in [3.05, 3.63) is 46.0 Å². The van der Waals surface area contributed by atoms with Crippen LogP contribution in [0.5, 0.6) is 0 Å². The average Bonchev–Trinajstić information content (AvgIpc) is 2.85. The van der Waals surface area contributed by atoms with E-state index in [1.165, 1.54) is 0 Å². The number of fused-ring (bicyclic) bond motifs is 1. The molecule has 0 amide bonds. The molecule has 3 heterocycles. The van der Waals surface area contributed by atoms with Gasteiger partial charge in [-0.3, -0.25) is 14.1 Å². The van der Waals surface area contributed by atoms with E-state index in [1.807, 2.05) is 26.1 Å². The number of nitrogens with zero attached hydrogens (tertiary/aromatic N) is 3. The molecule has 106 valence electrons. The molecule has 1 unspecified atom stereocenters. The van der Waals surface area contributed by atoms with E-state index in [0.717, 1.165) is 43.0 Å². The monoisotopic (exact) mass is 272 g/mol. The zero-order chi connectivity index (χ0) is 14.1. The zero-order valence-corrected chi connectivity index (χ0v) is 12.0. The average molecular weight is 272 g/mol. The molecule has 1 saturated heterocycles. The van der Waals surface area contributed by atoms with E-state index in [2.05, 4.69) is 15.2 Å². The van der Waals surface area contributed by atoms with E-state index in [1.54, 1.807) is 16.7 Å². The molecule has 1 N–H and O–H groups in total. The predicted octanol–water partition coefficient (Wildman–Crippen LogP) is 0.797. The summed E-state index contributed by atoms with van der Waals surface area (Å²) in [5, 5.41) is 3.30. The third-order valence-corrected chi connectivity index (χ3v) is 3.94. The minimum atomic E-state index is -0.00522. The quantitative estimate of drug-likeness (QED) is 0.898. The van der Waals surface area contributed by atoms with Gasteiger partial charge in [-0.2, -0.15) is 0 Å². The lowest BCUT2D eigenvalue weighted by atomic mass is 10.3. The Morgan fingerprint density at radius 2 is 2.30 bits per heavy atom. The second kappa shape index (κ2) is 5.34. The van der Waals surface area contributed by atoms with Crippen molar-refractivity contribution < 1.29 is 0 Å². The summed E-state index contributed by atoms with van der Waals surface area (Å²) in [4.78, 5) is 19.1. The van der Waals surface area contributed by atoms with Crippen LogP contribution < -0.4 is 10.9 Å². The molecule has 0 radical (unpaired) electrons. The molecule has 0 aromatic carbocycles. The first kappa shape index (κ1) is 13.3. The van der Waals surface area contributed by atoms with Gasteiger partial charge in [-0.05, 0) is 38.1 Å². The zero-order valence-electron chi connectivity index (χ0n) is 12.0. The molecule has 3 rings (SSSR count). The molecule has 2 aromatic rings. The number of nitrogens with one attached hydrogen (secondary N) is 1. The highest BCUT2D eigenvalue weighted by Gasteiger charge is 2.21. The van der Waals surface area contributed by atoms with E-state index in [-0.39, 0.29) is 5.56 Å². The minimum absolute atomic E-state index is 0.00522. The maximum Gasteiger partial charge on any atom is 0.258 e. The van der Waals surface area contributed by atoms with Crippen LogP contribution in [0.15, 0.2) is 29.2 Å². The fourth-order valence-corrected chi connectivity index (χ4v) is 2.78. The van der Waals surface area contributed by atoms with Crippen LogP contribution in [0.25, 0.3) is 5.65 Å². The molecular weight excluding hydrogens is 252 g/mol. The van der Waals surface area contributed by atoms with E-state index in [4.69, 9.17) is 0 Å². The van der Waals surface area contributed by atoms with Crippen LogP contribution in [-0.4, -0.2) is 40.5 Å². The maximum atomic E-state index is 12.1. The van der Waals surface area contributed by atoms with Crippen molar-refractivity contribution in [2.45, 2.75) is 25.9 Å². The number of likely N-dealkylation sites (N-methyl/N-ethyl adjacent to an activating group) is 1. The van der Waals surface area contributed by atoms with Gasteiger partial charge in [0.25, 0.3) is 5.56 Å². The molecule has 0 saturated carbocycles. The number of rotatable bonds is 3. The number of hydrogen-bond acceptors (Lipinski definition) is 4. The number of hydrogen-bond donors (Lipinski definition) is 1. The molecule has 0 bridgehead atoms. The van der Waals surface area contributed by atoms with Crippen molar-refractivity contribution in [2.24, 2.45) is 0 Å². The van der Waals surface area contributed by atoms with Crippen LogP contribution in [0.1, 0.15) is 17.7 Å². The lowest BCUT2D eigenvalue weighted by molar-refractivity contribution is 0.318. The first-order valence-electron chi connectivity index (χ1n) is 7.04. The largest absolute Gasteiger partial charge is 0.316 e. The van der Waals surface area contributed by atoms with Crippen molar-refractivity contribution in [1.82, 2.24) is 19.6 Å². The number of aryl methyl sites for hydroxylation is 1. The molecule has 5 heteroatoms. The van der Waals surface area contributed by atoms with E-state index in [0.29, 0.717) is 6.04 Å². The summed E-state index contributed by atoms with van der Waals surface area (Å²) in [6.07, 6.45) is 2.94. The Morgan fingerprint density at radius 3 is 3.05 bits per heavy atom. The van der Waals surface area contributed by atoms with Crippen molar-refractivity contribution in [3.8, 4) is 0 Å². The van der Waals surface area contributed by atoms with Crippen LogP contribution in [-0.2, 0) is 6.54 Å². The SMILES string of the molecule is CNC1CCN(Cc2cc(=O)n3ccc(C)cc3n2)C1. The van der Waals surface area contributed by atoms with E-state index >= 15 is 0 Å². The Labute approximate surface area is 118 Å². The Balaban J connectivity index is 1.87. The Hall–Kier alpha value is -1.72. The topological polar surface area (TPSA) is 49.6 Å². The lowest BCUT2D eigenvalue weighted by Gasteiger charge is -2.15. The highest BCUT2D eigenvalue weighted by molar-refractivity contribution is 5.41. The van der Waals surface area contributed by atoms with Gasteiger partial charge in [0.05, 0.1) is 5.69 Å². The molecule has 1 fully saturated rings. The van der Waals surface area contributed by atoms with E-state index in [9.17, 15) is 4.79 Å². The smallest absolute Gasteiger partial charge is 0.258 e. The Kier molecular flexibility index (Phi) is 3.54. The summed E-state index contributed by atoms with van der Waals surface area (Å²) in [6, 6.07) is 6.08. The summed E-state index contributed by atoms with van der Waals surface area (Å²) in [7, 11) is 2.00. The van der Waals surface area contributed by atoms with Crippen molar-refractivity contribution in [2.75, 3.05) is 20.1 Å². The molecule has 1 aliphatic heterocycles. The van der Waals surface area contributed by atoms with Crippen molar-refractivity contribution in [3.63, 3.8) is 0 Å². The summed E-state index contributed by atoms with van der Waals surface area (Å²) >= 11 is 0. The molecule has 1 atom stereocenters. The second-order valence-corrected chi connectivity index (χ2v) is 5.53. The highest BCUT2D eigenvalue weighted by atomic mass is 16.1. The third-order valence-electron chi connectivity index (χ3n) is 3.94. The number of aromatic nitrogens is 2. The lowest BCUT2D eigenvalue weighted by Crippen LogP contribution is -2.30. The van der Waals surface area contributed by atoms with Crippen LogP contribution in [0, 0.1) is 6.92 Å². The second-order valence-electron chi connectivity index (χ2n) is 5.53. The maximum absolute atomic E-state index is 12.1. The van der Waals surface area contributed by atoms with Crippen LogP contribution in [0.3, 0.4) is 0 Å². The Bertz CT molecular complexity index is 679. The van der Waals surface area contributed by atoms with Gasteiger partial charge < -0.3 is 5.32 Å². The van der Waals surface area contributed by atoms with Crippen molar-refractivity contribution in [1.29, 1.82) is 0 Å². The van der Waals surface area contributed by atoms with Gasteiger partial charge >= 0.3 is 0 Å². The highest BCUT2D eigenvalue weighted by Crippen LogP contribution is 2.12. The van der Waals surface area contributed by atoms with Gasteiger partial charge in [-0.25, -0.2) is 4.98 Å². The fourth-order valence-electron chi connectivity index (χ4n) is 2.78. The van der Waals surface area contributed by atoms with Gasteiger partial charge in [-0.1, -0.05) is 0 Å². The van der Waals surface area contributed by atoms with Gasteiger partial charge in [0.15, 0.2) is 0 Å². The van der Waals surface area contributed by atoms with Gasteiger partial charge in [0, 0.05) is 37.9 Å². The molecule has 2 aromatic heterocycles. The normalized spacial score (nSPS) is 19.8. The predicted molar refractivity (Wildman–Crippen MR) is 78.9 cm³/mol. The molecule has 0 aliphatic carbocycles. The first-order valence-corrected chi connectivity index (χ1v) is 7.04. The summed E-state index contributed by atoms with van der Waals surface area (Å²) < 4.78 is 1.59. The molecule has 0 spiro atoms. The minimum Gasteiger partial charge on any atom is -0.316 e. The summed E-state index contributed by atoms with van der Waals surface area (Å²) in [5.41, 5.74) is 2.70. The molecular formula is C15H20N4O. The number of pyridine rings is 1. The third kappa shape index (κ3) is 2.59. The molecule has 5 nitrogen and oxygen atoms in total. The standard InChI is InChI=1S/C15H20N4O/c1-11-3-6-19-14(7-11)17-13(8-15(19)20)10-18-5-4-12(9-18)16-2/h3,6-8,12,16H,4-5,9-10H2,1-2H3. The van der Waals surface area contributed by atoms with Crippen molar-refractivity contribution >= 4 is 5.65 Å². The summed E-state index contributed by atoms with van der Waals surface area (Å²) in [5.74, 6) is 0. The number of likely N-dealkylation sites (tertiary alicyclic amines) is 1. The van der Waals surface area contributed by atoms with Gasteiger partial charge in [-0.15, -0.1) is 0 Å². The van der Waals surface area contributed by atoms with E-state index < -0.39 is 0 Å². The van der Waals surface area contributed by atoms with Crippen LogP contribution in [0.2, 0.25) is 0 Å². The van der Waals surface area contributed by atoms with Gasteiger partial charge in [0.1, 0.15) is 5.65 Å². The molecule has 1 aliphatic rings. The van der Waals surface area contributed by atoms with Gasteiger partial charge in [0.2, 0.25) is 0 Å². The molecule has 20 heavy (non-hydrogen) atoms. The first-order chi connectivity index (χ1) is 9.65. The Morgan fingerprint density at radius 1 is 1.45 bits per heavy atom.